The zero-order valence-electron chi connectivity index (χ0n) is 12.3. The molecule has 0 aromatic heterocycles. The predicted molar refractivity (Wildman–Crippen MR) is 82.3 cm³/mol. The standard InChI is InChI=1S/C16H15NO6/c1-2-22-13-5-3-4-6-14(13)23-16(21)17-10-7-8-11(15(19)20)12(18)9-10/h3-9,18H,2H2,1H3,(H,17,21)(H,19,20). The molecule has 0 spiro atoms. The lowest BCUT2D eigenvalue weighted by Gasteiger charge is -2.11. The maximum atomic E-state index is 11.9. The van der Waals surface area contributed by atoms with E-state index in [1.807, 2.05) is 6.92 Å². The third-order valence-corrected chi connectivity index (χ3v) is 2.83. The number of rotatable bonds is 5. The van der Waals surface area contributed by atoms with Crippen LogP contribution in [0.2, 0.25) is 0 Å². The summed E-state index contributed by atoms with van der Waals surface area (Å²) >= 11 is 0. The van der Waals surface area contributed by atoms with E-state index in [1.54, 1.807) is 24.3 Å². The molecule has 7 nitrogen and oxygen atoms in total. The number of carboxylic acids is 1. The van der Waals surface area contributed by atoms with Gasteiger partial charge in [-0.05, 0) is 31.2 Å². The van der Waals surface area contributed by atoms with Crippen molar-refractivity contribution >= 4 is 17.7 Å². The Morgan fingerprint density at radius 1 is 1.13 bits per heavy atom. The van der Waals surface area contributed by atoms with Crippen molar-refractivity contribution in [2.45, 2.75) is 6.92 Å². The Kier molecular flexibility index (Phi) is 5.03. The van der Waals surface area contributed by atoms with E-state index in [1.165, 1.54) is 12.1 Å². The van der Waals surface area contributed by atoms with Crippen LogP contribution in [0.3, 0.4) is 0 Å². The molecular weight excluding hydrogens is 302 g/mol. The molecule has 23 heavy (non-hydrogen) atoms. The van der Waals surface area contributed by atoms with Gasteiger partial charge in [0.05, 0.1) is 6.61 Å². The van der Waals surface area contributed by atoms with E-state index >= 15 is 0 Å². The Morgan fingerprint density at radius 3 is 2.43 bits per heavy atom. The van der Waals surface area contributed by atoms with Crippen LogP contribution in [0.5, 0.6) is 17.2 Å². The van der Waals surface area contributed by atoms with Crippen LogP contribution >= 0.6 is 0 Å². The average molecular weight is 317 g/mol. The number of para-hydroxylation sites is 2. The van der Waals surface area contributed by atoms with Crippen molar-refractivity contribution in [3.63, 3.8) is 0 Å². The number of amides is 1. The fourth-order valence-corrected chi connectivity index (χ4v) is 1.84. The average Bonchev–Trinajstić information content (AvgIpc) is 2.49. The zero-order chi connectivity index (χ0) is 16.8. The van der Waals surface area contributed by atoms with Crippen molar-refractivity contribution < 1.29 is 29.3 Å². The van der Waals surface area contributed by atoms with E-state index in [-0.39, 0.29) is 17.0 Å². The van der Waals surface area contributed by atoms with Crippen LogP contribution in [0, 0.1) is 0 Å². The fraction of sp³-hybridized carbons (Fsp3) is 0.125. The Morgan fingerprint density at radius 2 is 1.83 bits per heavy atom. The molecule has 120 valence electrons. The van der Waals surface area contributed by atoms with Crippen LogP contribution in [0.4, 0.5) is 10.5 Å². The molecule has 2 aromatic rings. The monoisotopic (exact) mass is 317 g/mol. The SMILES string of the molecule is CCOc1ccccc1OC(=O)Nc1ccc(C(=O)O)c(O)c1. The first-order valence-electron chi connectivity index (χ1n) is 6.78. The second kappa shape index (κ2) is 7.17. The van der Waals surface area contributed by atoms with Gasteiger partial charge < -0.3 is 19.7 Å². The highest BCUT2D eigenvalue weighted by Gasteiger charge is 2.13. The van der Waals surface area contributed by atoms with Crippen LogP contribution in [-0.4, -0.2) is 28.9 Å². The predicted octanol–water partition coefficient (Wildman–Crippen LogP) is 3.10. The first kappa shape index (κ1) is 16.2. The molecule has 0 aliphatic heterocycles. The number of carbonyl (C=O) groups is 2. The van der Waals surface area contributed by atoms with Crippen molar-refractivity contribution in [3.05, 3.63) is 48.0 Å². The molecule has 0 fully saturated rings. The van der Waals surface area contributed by atoms with Gasteiger partial charge >= 0.3 is 12.1 Å². The Bertz CT molecular complexity index is 728. The molecule has 0 aliphatic carbocycles. The molecule has 0 bridgehead atoms. The number of carboxylic acid groups (broad SMARTS) is 1. The number of hydrogen-bond donors (Lipinski definition) is 3. The molecule has 0 unspecified atom stereocenters. The first-order valence-corrected chi connectivity index (χ1v) is 6.78. The van der Waals surface area contributed by atoms with E-state index < -0.39 is 17.8 Å². The van der Waals surface area contributed by atoms with Gasteiger partial charge in [0.15, 0.2) is 11.5 Å². The van der Waals surface area contributed by atoms with E-state index in [0.29, 0.717) is 12.4 Å². The summed E-state index contributed by atoms with van der Waals surface area (Å²) in [6, 6.07) is 10.3. The van der Waals surface area contributed by atoms with E-state index in [0.717, 1.165) is 6.07 Å². The molecular formula is C16H15NO6. The molecule has 0 atom stereocenters. The smallest absolute Gasteiger partial charge is 0.417 e. The van der Waals surface area contributed by atoms with Crippen molar-refractivity contribution in [3.8, 4) is 17.2 Å². The summed E-state index contributed by atoms with van der Waals surface area (Å²) in [5, 5.41) is 20.8. The van der Waals surface area contributed by atoms with Gasteiger partial charge in [0.25, 0.3) is 0 Å². The summed E-state index contributed by atoms with van der Waals surface area (Å²) < 4.78 is 10.5. The maximum absolute atomic E-state index is 11.9. The van der Waals surface area contributed by atoms with E-state index in [2.05, 4.69) is 5.32 Å². The quantitative estimate of drug-likeness (QED) is 0.782. The van der Waals surface area contributed by atoms with Gasteiger partial charge in [-0.2, -0.15) is 0 Å². The Labute approximate surface area is 132 Å². The third kappa shape index (κ3) is 4.13. The number of ether oxygens (including phenoxy) is 2. The molecule has 0 saturated heterocycles. The Hall–Kier alpha value is -3.22. The van der Waals surface area contributed by atoms with Crippen LogP contribution < -0.4 is 14.8 Å². The van der Waals surface area contributed by atoms with Crippen molar-refractivity contribution in [1.29, 1.82) is 0 Å². The maximum Gasteiger partial charge on any atom is 0.417 e. The molecule has 0 radical (unpaired) electrons. The number of benzene rings is 2. The molecule has 2 rings (SSSR count). The fourth-order valence-electron chi connectivity index (χ4n) is 1.84. The highest BCUT2D eigenvalue weighted by molar-refractivity contribution is 5.93. The van der Waals surface area contributed by atoms with Crippen molar-refractivity contribution in [2.24, 2.45) is 0 Å². The lowest BCUT2D eigenvalue weighted by Crippen LogP contribution is -2.17. The van der Waals surface area contributed by atoms with E-state index in [9.17, 15) is 14.7 Å². The van der Waals surface area contributed by atoms with Crippen LogP contribution in [0.15, 0.2) is 42.5 Å². The summed E-state index contributed by atoms with van der Waals surface area (Å²) in [7, 11) is 0. The molecule has 1 amide bonds. The van der Waals surface area contributed by atoms with Crippen molar-refractivity contribution in [2.75, 3.05) is 11.9 Å². The second-order valence-corrected chi connectivity index (χ2v) is 4.43. The minimum Gasteiger partial charge on any atom is -0.507 e. The van der Waals surface area contributed by atoms with Gasteiger partial charge in [0.2, 0.25) is 0 Å². The minimum atomic E-state index is -1.26. The molecule has 0 saturated carbocycles. The number of aromatic carboxylic acids is 1. The summed E-state index contributed by atoms with van der Waals surface area (Å²) in [6.07, 6.45) is -0.792. The Balaban J connectivity index is 2.08. The van der Waals surface area contributed by atoms with Gasteiger partial charge in [0.1, 0.15) is 11.3 Å². The number of phenols is 1. The number of carbonyl (C=O) groups excluding carboxylic acids is 1. The summed E-state index contributed by atoms with van der Waals surface area (Å²) in [5.74, 6) is -1.04. The summed E-state index contributed by atoms with van der Waals surface area (Å²) in [4.78, 5) is 22.7. The van der Waals surface area contributed by atoms with Crippen molar-refractivity contribution in [1.82, 2.24) is 0 Å². The van der Waals surface area contributed by atoms with Gasteiger partial charge in [-0.25, -0.2) is 9.59 Å². The van der Waals surface area contributed by atoms with Crippen LogP contribution in [-0.2, 0) is 0 Å². The normalized spacial score (nSPS) is 9.96. The highest BCUT2D eigenvalue weighted by atomic mass is 16.6. The highest BCUT2D eigenvalue weighted by Crippen LogP contribution is 2.27. The summed E-state index contributed by atoms with van der Waals surface area (Å²) in [6.45, 7) is 2.23. The minimum absolute atomic E-state index is 0.200. The number of aromatic hydroxyl groups is 1. The van der Waals surface area contributed by atoms with Gasteiger partial charge in [-0.3, -0.25) is 5.32 Å². The third-order valence-electron chi connectivity index (χ3n) is 2.83. The molecule has 2 aromatic carbocycles. The lowest BCUT2D eigenvalue weighted by atomic mass is 10.2. The van der Waals surface area contributed by atoms with Crippen LogP contribution in [0.1, 0.15) is 17.3 Å². The van der Waals surface area contributed by atoms with E-state index in [4.69, 9.17) is 14.6 Å². The molecule has 0 aliphatic rings. The molecule has 3 N–H and O–H groups in total. The molecule has 7 heteroatoms. The topological polar surface area (TPSA) is 105 Å². The zero-order valence-corrected chi connectivity index (χ0v) is 12.3. The second-order valence-electron chi connectivity index (χ2n) is 4.43. The number of hydrogen-bond acceptors (Lipinski definition) is 5. The van der Waals surface area contributed by atoms with Gasteiger partial charge in [-0.1, -0.05) is 12.1 Å². The summed E-state index contributed by atoms with van der Waals surface area (Å²) in [5.41, 5.74) is -0.0583. The number of nitrogens with one attached hydrogen (secondary N) is 1. The first-order chi connectivity index (χ1) is 11.0. The lowest BCUT2D eigenvalue weighted by molar-refractivity contribution is 0.0693. The number of anilines is 1. The molecule has 0 heterocycles. The van der Waals surface area contributed by atoms with Crippen LogP contribution in [0.25, 0.3) is 0 Å². The van der Waals surface area contributed by atoms with Gasteiger partial charge in [0, 0.05) is 11.8 Å². The largest absolute Gasteiger partial charge is 0.507 e. The van der Waals surface area contributed by atoms with Gasteiger partial charge in [-0.15, -0.1) is 0 Å².